The van der Waals surface area contributed by atoms with Crippen molar-refractivity contribution in [2.75, 3.05) is 13.1 Å². The van der Waals surface area contributed by atoms with Gasteiger partial charge in [-0.05, 0) is 41.9 Å². The van der Waals surface area contributed by atoms with Crippen molar-refractivity contribution in [2.24, 2.45) is 0 Å². The molecule has 0 spiro atoms. The van der Waals surface area contributed by atoms with Gasteiger partial charge in [-0.3, -0.25) is 15.6 Å². The van der Waals surface area contributed by atoms with Crippen LogP contribution in [0.2, 0.25) is 0 Å². The van der Waals surface area contributed by atoms with E-state index in [4.69, 9.17) is 12.2 Å². The number of rotatable bonds is 9. The molecule has 0 heterocycles. The predicted octanol–water partition coefficient (Wildman–Crippen LogP) is 2.35. The molecule has 3 N–H and O–H groups in total. The second-order valence-electron chi connectivity index (χ2n) is 6.57. The number of nitrogens with one attached hydrogen (secondary N) is 3. The van der Waals surface area contributed by atoms with Gasteiger partial charge < -0.3 is 5.32 Å². The highest BCUT2D eigenvalue weighted by Crippen LogP contribution is 2.16. The lowest BCUT2D eigenvalue weighted by Crippen LogP contribution is -2.46. The number of sulfonamides is 1. The van der Waals surface area contributed by atoms with Crippen molar-refractivity contribution < 1.29 is 13.2 Å². The minimum Gasteiger partial charge on any atom is -0.357 e. The lowest BCUT2D eigenvalue weighted by molar-refractivity contribution is -0.121. The predicted molar refractivity (Wildman–Crippen MR) is 122 cm³/mol. The van der Waals surface area contributed by atoms with Crippen LogP contribution >= 0.6 is 12.2 Å². The second-order valence-corrected chi connectivity index (χ2v) is 8.92. The lowest BCUT2D eigenvalue weighted by Gasteiger charge is -2.18. The summed E-state index contributed by atoms with van der Waals surface area (Å²) in [5.74, 6) is -0.210. The summed E-state index contributed by atoms with van der Waals surface area (Å²) < 4.78 is 26.4. The highest BCUT2D eigenvalue weighted by Gasteiger charge is 2.21. The van der Waals surface area contributed by atoms with E-state index in [0.29, 0.717) is 31.2 Å². The smallest absolute Gasteiger partial charge is 0.243 e. The fourth-order valence-electron chi connectivity index (χ4n) is 2.81. The summed E-state index contributed by atoms with van der Waals surface area (Å²) >= 11 is 5.14. The molecule has 0 aliphatic carbocycles. The number of hydrogen-bond donors (Lipinski definition) is 3. The van der Waals surface area contributed by atoms with Gasteiger partial charge in [0.25, 0.3) is 0 Å². The number of carbonyl (C=O) groups is 1. The SMILES string of the molecule is CCN(CC)S(=O)(=O)c1ccc(CCC(=O)NNC(=S)NCc2ccccc2)cc1. The first-order valence-electron chi connectivity index (χ1n) is 9.82. The average Bonchev–Trinajstić information content (AvgIpc) is 2.76. The molecule has 0 atom stereocenters. The second kappa shape index (κ2) is 11.6. The van der Waals surface area contributed by atoms with Gasteiger partial charge in [-0.25, -0.2) is 8.42 Å². The molecule has 2 aromatic rings. The van der Waals surface area contributed by atoms with Crippen molar-refractivity contribution in [3.8, 4) is 0 Å². The maximum Gasteiger partial charge on any atom is 0.243 e. The molecule has 0 bridgehead atoms. The highest BCUT2D eigenvalue weighted by atomic mass is 32.2. The van der Waals surface area contributed by atoms with E-state index in [2.05, 4.69) is 16.2 Å². The molecule has 2 aromatic carbocycles. The number of thiocarbonyl (C=S) groups is 1. The topological polar surface area (TPSA) is 90.5 Å². The summed E-state index contributed by atoms with van der Waals surface area (Å²) in [6.07, 6.45) is 0.736. The summed E-state index contributed by atoms with van der Waals surface area (Å²) in [6, 6.07) is 16.4. The molecule has 0 fully saturated rings. The fourth-order valence-corrected chi connectivity index (χ4v) is 4.39. The third kappa shape index (κ3) is 7.08. The van der Waals surface area contributed by atoms with Crippen LogP contribution in [0.3, 0.4) is 0 Å². The Morgan fingerprint density at radius 2 is 1.57 bits per heavy atom. The quantitative estimate of drug-likeness (QED) is 0.403. The number of carbonyl (C=O) groups excluding carboxylic acids is 1. The van der Waals surface area contributed by atoms with Gasteiger partial charge in [0.05, 0.1) is 4.90 Å². The average molecular weight is 449 g/mol. The Morgan fingerprint density at radius 1 is 0.933 bits per heavy atom. The van der Waals surface area contributed by atoms with E-state index in [1.165, 1.54) is 4.31 Å². The standard InChI is InChI=1S/C21H28N4O3S2/c1-3-25(4-2)30(27,28)19-13-10-17(11-14-19)12-15-20(26)23-24-21(29)22-16-18-8-6-5-7-9-18/h5-11,13-14H,3-4,12,15-16H2,1-2H3,(H,23,26)(H2,22,24,29). The van der Waals surface area contributed by atoms with E-state index < -0.39 is 10.0 Å². The first kappa shape index (κ1) is 23.8. The summed E-state index contributed by atoms with van der Waals surface area (Å²) in [6.45, 7) is 5.03. The zero-order valence-electron chi connectivity index (χ0n) is 17.2. The van der Waals surface area contributed by atoms with Gasteiger partial charge >= 0.3 is 0 Å². The Labute approximate surface area is 183 Å². The van der Waals surface area contributed by atoms with Crippen LogP contribution in [0.25, 0.3) is 0 Å². The third-order valence-electron chi connectivity index (χ3n) is 4.52. The van der Waals surface area contributed by atoms with Crippen LogP contribution in [0.4, 0.5) is 0 Å². The Bertz CT molecular complexity index is 928. The van der Waals surface area contributed by atoms with Crippen molar-refractivity contribution in [1.29, 1.82) is 0 Å². The van der Waals surface area contributed by atoms with Crippen LogP contribution in [0.1, 0.15) is 31.4 Å². The fraction of sp³-hybridized carbons (Fsp3) is 0.333. The zero-order valence-corrected chi connectivity index (χ0v) is 18.9. The molecule has 0 radical (unpaired) electrons. The molecule has 0 saturated carbocycles. The van der Waals surface area contributed by atoms with Gasteiger partial charge in [0.15, 0.2) is 5.11 Å². The minimum atomic E-state index is -3.47. The molecule has 2 rings (SSSR count). The molecule has 9 heteroatoms. The van der Waals surface area contributed by atoms with Crippen LogP contribution in [-0.2, 0) is 27.8 Å². The van der Waals surface area contributed by atoms with Crippen LogP contribution in [0.5, 0.6) is 0 Å². The Morgan fingerprint density at radius 3 is 2.17 bits per heavy atom. The van der Waals surface area contributed by atoms with E-state index in [9.17, 15) is 13.2 Å². The molecule has 1 amide bonds. The van der Waals surface area contributed by atoms with Crippen LogP contribution in [0.15, 0.2) is 59.5 Å². The number of benzene rings is 2. The van der Waals surface area contributed by atoms with Crippen molar-refractivity contribution in [3.63, 3.8) is 0 Å². The molecule has 162 valence electrons. The Hall–Kier alpha value is -2.49. The molecule has 0 aromatic heterocycles. The highest BCUT2D eigenvalue weighted by molar-refractivity contribution is 7.89. The van der Waals surface area contributed by atoms with E-state index >= 15 is 0 Å². The number of nitrogens with zero attached hydrogens (tertiary/aromatic N) is 1. The Kier molecular flexibility index (Phi) is 9.22. The third-order valence-corrected chi connectivity index (χ3v) is 6.83. The van der Waals surface area contributed by atoms with E-state index in [0.717, 1.165) is 11.1 Å². The molecular weight excluding hydrogens is 420 g/mol. The van der Waals surface area contributed by atoms with Crippen LogP contribution < -0.4 is 16.2 Å². The van der Waals surface area contributed by atoms with Gasteiger partial charge in [-0.1, -0.05) is 56.3 Å². The van der Waals surface area contributed by atoms with Gasteiger partial charge in [-0.15, -0.1) is 0 Å². The monoisotopic (exact) mass is 448 g/mol. The first-order valence-corrected chi connectivity index (χ1v) is 11.7. The molecule has 0 saturated heterocycles. The normalized spacial score (nSPS) is 11.2. The lowest BCUT2D eigenvalue weighted by atomic mass is 10.1. The van der Waals surface area contributed by atoms with E-state index in [1.807, 2.05) is 44.2 Å². The van der Waals surface area contributed by atoms with Crippen LogP contribution in [-0.4, -0.2) is 36.8 Å². The number of hydrazine groups is 1. The zero-order chi connectivity index (χ0) is 22.0. The van der Waals surface area contributed by atoms with Gasteiger partial charge in [0.1, 0.15) is 0 Å². The maximum atomic E-state index is 12.5. The maximum absolute atomic E-state index is 12.5. The van der Waals surface area contributed by atoms with E-state index in [-0.39, 0.29) is 17.2 Å². The Balaban J connectivity index is 1.76. The van der Waals surface area contributed by atoms with Crippen LogP contribution in [0, 0.1) is 0 Å². The molecular formula is C21H28N4O3S2. The van der Waals surface area contributed by atoms with Gasteiger partial charge in [-0.2, -0.15) is 4.31 Å². The molecule has 0 aliphatic rings. The summed E-state index contributed by atoms with van der Waals surface area (Å²) in [5.41, 5.74) is 7.20. The van der Waals surface area contributed by atoms with Crippen molar-refractivity contribution in [2.45, 2.75) is 38.1 Å². The number of aryl methyl sites for hydroxylation is 1. The summed E-state index contributed by atoms with van der Waals surface area (Å²) in [5, 5.41) is 3.34. The first-order chi connectivity index (χ1) is 14.4. The van der Waals surface area contributed by atoms with Crippen molar-refractivity contribution in [1.82, 2.24) is 20.5 Å². The minimum absolute atomic E-state index is 0.210. The van der Waals surface area contributed by atoms with Crippen molar-refractivity contribution in [3.05, 3.63) is 65.7 Å². The summed E-state index contributed by atoms with van der Waals surface area (Å²) in [7, 11) is -3.47. The summed E-state index contributed by atoms with van der Waals surface area (Å²) in [4.78, 5) is 12.3. The number of amides is 1. The van der Waals surface area contributed by atoms with E-state index in [1.54, 1.807) is 24.3 Å². The number of hydrogen-bond acceptors (Lipinski definition) is 4. The molecule has 0 aliphatic heterocycles. The molecule has 0 unspecified atom stereocenters. The van der Waals surface area contributed by atoms with Crippen molar-refractivity contribution >= 4 is 33.3 Å². The largest absolute Gasteiger partial charge is 0.357 e. The molecule has 30 heavy (non-hydrogen) atoms. The van der Waals surface area contributed by atoms with Gasteiger partial charge in [0, 0.05) is 26.1 Å². The molecule has 7 nitrogen and oxygen atoms in total. The van der Waals surface area contributed by atoms with Gasteiger partial charge in [0.2, 0.25) is 15.9 Å².